The van der Waals surface area contributed by atoms with Crippen LogP contribution < -0.4 is 14.8 Å². The van der Waals surface area contributed by atoms with E-state index in [1.807, 2.05) is 6.26 Å². The highest BCUT2D eigenvalue weighted by molar-refractivity contribution is 7.98. The predicted octanol–water partition coefficient (Wildman–Crippen LogP) is 1.18. The molecule has 16 heavy (non-hydrogen) atoms. The second kappa shape index (κ2) is 5.60. The minimum absolute atomic E-state index is 0.229. The molecule has 0 aliphatic heterocycles. The van der Waals surface area contributed by atoms with Crippen molar-refractivity contribution in [3.8, 4) is 11.6 Å². The summed E-state index contributed by atoms with van der Waals surface area (Å²) in [5, 5.41) is 3.25. The smallest absolute Gasteiger partial charge is 0.258 e. The fraction of sp³-hybridized carbons (Fsp3) is 0.400. The third kappa shape index (κ3) is 2.38. The van der Waals surface area contributed by atoms with Crippen LogP contribution in [0.4, 0.5) is 0 Å². The van der Waals surface area contributed by atoms with Crippen LogP contribution in [0, 0.1) is 0 Å². The van der Waals surface area contributed by atoms with Crippen molar-refractivity contribution < 1.29 is 14.3 Å². The molecular formula is C10H14N2O3S. The van der Waals surface area contributed by atoms with Crippen molar-refractivity contribution in [3.05, 3.63) is 11.6 Å². The Morgan fingerprint density at radius 2 is 2.12 bits per heavy atom. The molecule has 88 valence electrons. The zero-order chi connectivity index (χ0) is 12.1. The van der Waals surface area contributed by atoms with Gasteiger partial charge in [-0.05, 0) is 12.3 Å². The van der Waals surface area contributed by atoms with Gasteiger partial charge in [0, 0.05) is 7.05 Å². The first-order valence-electron chi connectivity index (χ1n) is 4.57. The van der Waals surface area contributed by atoms with E-state index < -0.39 is 0 Å². The molecule has 0 aliphatic carbocycles. The highest BCUT2D eigenvalue weighted by Crippen LogP contribution is 2.32. The molecule has 0 fully saturated rings. The second-order valence-corrected chi connectivity index (χ2v) is 3.66. The molecule has 6 heteroatoms. The van der Waals surface area contributed by atoms with Crippen molar-refractivity contribution in [2.75, 3.05) is 27.5 Å². The Labute approximate surface area is 98.5 Å². The molecule has 1 amide bonds. The number of pyridine rings is 1. The number of amides is 1. The molecule has 0 saturated heterocycles. The Balaban J connectivity index is 3.36. The van der Waals surface area contributed by atoms with Crippen molar-refractivity contribution in [2.24, 2.45) is 0 Å². The number of rotatable bonds is 4. The van der Waals surface area contributed by atoms with Gasteiger partial charge in [0.05, 0.1) is 19.8 Å². The van der Waals surface area contributed by atoms with Gasteiger partial charge in [0.15, 0.2) is 5.75 Å². The molecule has 1 rings (SSSR count). The summed E-state index contributed by atoms with van der Waals surface area (Å²) >= 11 is 1.43. The maximum Gasteiger partial charge on any atom is 0.258 e. The van der Waals surface area contributed by atoms with E-state index >= 15 is 0 Å². The van der Waals surface area contributed by atoms with Crippen LogP contribution in [0.25, 0.3) is 0 Å². The molecule has 0 radical (unpaired) electrons. The van der Waals surface area contributed by atoms with Gasteiger partial charge in [0.2, 0.25) is 0 Å². The van der Waals surface area contributed by atoms with Crippen LogP contribution in [0.3, 0.4) is 0 Å². The normalized spacial score (nSPS) is 9.75. The molecule has 0 saturated carbocycles. The van der Waals surface area contributed by atoms with Crippen LogP contribution in [0.15, 0.2) is 11.1 Å². The first kappa shape index (κ1) is 12.6. The monoisotopic (exact) mass is 242 g/mol. The number of hydrogen-bond acceptors (Lipinski definition) is 5. The van der Waals surface area contributed by atoms with Gasteiger partial charge in [-0.1, -0.05) is 0 Å². The Morgan fingerprint density at radius 3 is 2.56 bits per heavy atom. The number of ether oxygens (including phenoxy) is 2. The Morgan fingerprint density at radius 1 is 1.44 bits per heavy atom. The van der Waals surface area contributed by atoms with Crippen LogP contribution in [-0.4, -0.2) is 38.4 Å². The molecule has 0 bridgehead atoms. The minimum Gasteiger partial charge on any atom is -0.491 e. The van der Waals surface area contributed by atoms with Gasteiger partial charge in [-0.15, -0.1) is 11.8 Å². The zero-order valence-corrected chi connectivity index (χ0v) is 10.5. The summed E-state index contributed by atoms with van der Waals surface area (Å²) in [6, 6.07) is 1.67. The SMILES string of the molecule is CNC(=O)c1cc(SC)nc(OC)c1OC. The van der Waals surface area contributed by atoms with E-state index in [4.69, 9.17) is 9.47 Å². The highest BCUT2D eigenvalue weighted by atomic mass is 32.2. The summed E-state index contributed by atoms with van der Waals surface area (Å²) in [4.78, 5) is 15.8. The van der Waals surface area contributed by atoms with Crippen LogP contribution in [-0.2, 0) is 0 Å². The van der Waals surface area contributed by atoms with Crippen molar-refractivity contribution in [3.63, 3.8) is 0 Å². The van der Waals surface area contributed by atoms with Crippen LogP contribution >= 0.6 is 11.8 Å². The number of nitrogens with zero attached hydrogens (tertiary/aromatic N) is 1. The molecule has 5 nitrogen and oxygen atoms in total. The van der Waals surface area contributed by atoms with Gasteiger partial charge in [-0.3, -0.25) is 4.79 Å². The first-order valence-corrected chi connectivity index (χ1v) is 5.79. The average molecular weight is 242 g/mol. The lowest BCUT2D eigenvalue weighted by Gasteiger charge is -2.12. The quantitative estimate of drug-likeness (QED) is 0.803. The van der Waals surface area contributed by atoms with E-state index in [9.17, 15) is 4.79 Å². The van der Waals surface area contributed by atoms with E-state index in [1.54, 1.807) is 13.1 Å². The molecule has 0 unspecified atom stereocenters. The highest BCUT2D eigenvalue weighted by Gasteiger charge is 2.18. The largest absolute Gasteiger partial charge is 0.491 e. The summed E-state index contributed by atoms with van der Waals surface area (Å²) in [7, 11) is 4.53. The molecule has 0 atom stereocenters. The van der Waals surface area contributed by atoms with Gasteiger partial charge in [-0.25, -0.2) is 4.98 Å². The number of hydrogen-bond donors (Lipinski definition) is 1. The third-order valence-corrected chi connectivity index (χ3v) is 2.62. The molecule has 1 N–H and O–H groups in total. The van der Waals surface area contributed by atoms with Gasteiger partial charge in [0.25, 0.3) is 11.8 Å². The maximum absolute atomic E-state index is 11.6. The maximum atomic E-state index is 11.6. The minimum atomic E-state index is -0.229. The Hall–Kier alpha value is -1.43. The zero-order valence-electron chi connectivity index (χ0n) is 9.66. The van der Waals surface area contributed by atoms with E-state index in [-0.39, 0.29) is 5.91 Å². The summed E-state index contributed by atoms with van der Waals surface area (Å²) in [6.07, 6.45) is 1.88. The Bertz CT molecular complexity index is 396. The summed E-state index contributed by atoms with van der Waals surface area (Å²) in [5.74, 6) is 0.431. The third-order valence-electron chi connectivity index (χ3n) is 2.00. The molecular weight excluding hydrogens is 228 g/mol. The van der Waals surface area contributed by atoms with Gasteiger partial charge in [-0.2, -0.15) is 0 Å². The van der Waals surface area contributed by atoms with Gasteiger partial charge in [0.1, 0.15) is 5.03 Å². The summed E-state index contributed by atoms with van der Waals surface area (Å²) < 4.78 is 10.2. The lowest BCUT2D eigenvalue weighted by Crippen LogP contribution is -2.19. The number of aromatic nitrogens is 1. The molecule has 0 aliphatic rings. The van der Waals surface area contributed by atoms with Crippen LogP contribution in [0.1, 0.15) is 10.4 Å². The predicted molar refractivity (Wildman–Crippen MR) is 62.5 cm³/mol. The summed E-state index contributed by atoms with van der Waals surface area (Å²) in [5.41, 5.74) is 0.418. The van der Waals surface area contributed by atoms with Crippen LogP contribution in [0.5, 0.6) is 11.6 Å². The Kier molecular flexibility index (Phi) is 4.42. The van der Waals surface area contributed by atoms with E-state index in [1.165, 1.54) is 26.0 Å². The second-order valence-electron chi connectivity index (χ2n) is 2.83. The number of thioether (sulfide) groups is 1. The summed E-state index contributed by atoms with van der Waals surface area (Å²) in [6.45, 7) is 0. The fourth-order valence-electron chi connectivity index (χ4n) is 1.23. The van der Waals surface area contributed by atoms with Crippen molar-refractivity contribution >= 4 is 17.7 Å². The molecule has 1 aromatic heterocycles. The van der Waals surface area contributed by atoms with Crippen molar-refractivity contribution in [2.45, 2.75) is 5.03 Å². The van der Waals surface area contributed by atoms with Crippen molar-refractivity contribution in [1.82, 2.24) is 10.3 Å². The standard InChI is InChI=1S/C10H14N2O3S/c1-11-9(13)6-5-7(16-4)12-10(15-3)8(6)14-2/h5H,1-4H3,(H,11,13). The average Bonchev–Trinajstić information content (AvgIpc) is 2.35. The number of carbonyl (C=O) groups is 1. The van der Waals surface area contributed by atoms with Crippen molar-refractivity contribution in [1.29, 1.82) is 0 Å². The lowest BCUT2D eigenvalue weighted by molar-refractivity contribution is 0.0958. The van der Waals surface area contributed by atoms with E-state index in [0.717, 1.165) is 0 Å². The lowest BCUT2D eigenvalue weighted by atomic mass is 10.2. The van der Waals surface area contributed by atoms with Gasteiger partial charge >= 0.3 is 0 Å². The van der Waals surface area contributed by atoms with Gasteiger partial charge < -0.3 is 14.8 Å². The number of methoxy groups -OCH3 is 2. The number of nitrogens with one attached hydrogen (secondary N) is 1. The first-order chi connectivity index (χ1) is 7.67. The van der Waals surface area contributed by atoms with Crippen LogP contribution in [0.2, 0.25) is 0 Å². The van der Waals surface area contributed by atoms with E-state index in [0.29, 0.717) is 22.2 Å². The topological polar surface area (TPSA) is 60.5 Å². The van der Waals surface area contributed by atoms with E-state index in [2.05, 4.69) is 10.3 Å². The molecule has 1 heterocycles. The number of carbonyl (C=O) groups excluding carboxylic acids is 1. The fourth-order valence-corrected chi connectivity index (χ4v) is 1.64. The molecule has 1 aromatic rings. The molecule has 0 aromatic carbocycles. The molecule has 0 spiro atoms.